The number of halogens is 4. The Morgan fingerprint density at radius 1 is 1.00 bits per heavy atom. The number of aromatic nitrogens is 2. The number of nitrogens with zero attached hydrogens (tertiary/aromatic N) is 1. The number of hydrogen-bond donors (Lipinski definition) is 2. The van der Waals surface area contributed by atoms with Gasteiger partial charge in [-0.15, -0.1) is 0 Å². The molecule has 0 amide bonds. The molecular weight excluding hydrogens is 488 g/mol. The predicted octanol–water partition coefficient (Wildman–Crippen LogP) is 5.28. The Bertz CT molecular complexity index is 1480. The second-order valence-corrected chi connectivity index (χ2v) is 9.50. The number of anilines is 1. The van der Waals surface area contributed by atoms with Crippen molar-refractivity contribution in [2.75, 3.05) is 4.72 Å². The molecule has 4 rings (SSSR count). The van der Waals surface area contributed by atoms with E-state index in [0.29, 0.717) is 11.1 Å². The van der Waals surface area contributed by atoms with Crippen LogP contribution in [0.1, 0.15) is 5.56 Å². The lowest BCUT2D eigenvalue weighted by Crippen LogP contribution is -2.13. The number of aromatic amines is 1. The second-order valence-electron chi connectivity index (χ2n) is 6.65. The summed E-state index contributed by atoms with van der Waals surface area (Å²) in [6.07, 6.45) is 0. The van der Waals surface area contributed by atoms with Gasteiger partial charge in [-0.05, 0) is 48.0 Å². The average Bonchev–Trinajstić information content (AvgIpc) is 3.01. The molecule has 0 saturated carbocycles. The van der Waals surface area contributed by atoms with Gasteiger partial charge in [-0.2, -0.15) is 0 Å². The summed E-state index contributed by atoms with van der Waals surface area (Å²) >= 11 is 18.0. The lowest BCUT2D eigenvalue weighted by molar-refractivity contribution is 0.601. The van der Waals surface area contributed by atoms with E-state index in [2.05, 4.69) is 9.82 Å². The van der Waals surface area contributed by atoms with Crippen LogP contribution >= 0.6 is 34.8 Å². The first-order chi connectivity index (χ1) is 14.7. The third-order valence-corrected chi connectivity index (χ3v) is 7.28. The van der Waals surface area contributed by atoms with E-state index in [1.165, 1.54) is 48.5 Å². The zero-order chi connectivity index (χ0) is 22.3. The van der Waals surface area contributed by atoms with Crippen LogP contribution < -0.4 is 10.3 Å². The lowest BCUT2D eigenvalue weighted by atomic mass is 10.2. The van der Waals surface area contributed by atoms with Crippen molar-refractivity contribution >= 4 is 61.4 Å². The zero-order valence-corrected chi connectivity index (χ0v) is 18.6. The quantitative estimate of drug-likeness (QED) is 0.391. The van der Waals surface area contributed by atoms with Crippen molar-refractivity contribution in [1.82, 2.24) is 9.78 Å². The zero-order valence-electron chi connectivity index (χ0n) is 15.5. The van der Waals surface area contributed by atoms with E-state index < -0.39 is 21.4 Å². The maximum absolute atomic E-state index is 13.3. The Balaban J connectivity index is 1.68. The first kappa shape index (κ1) is 21.7. The highest BCUT2D eigenvalue weighted by Gasteiger charge is 2.20. The minimum atomic E-state index is -4.04. The fraction of sp³-hybridized carbons (Fsp3) is 0.0500. The molecule has 1 heterocycles. The number of rotatable bonds is 5. The minimum absolute atomic E-state index is 0.0991. The van der Waals surface area contributed by atoms with Crippen LogP contribution in [0.25, 0.3) is 10.9 Å². The summed E-state index contributed by atoms with van der Waals surface area (Å²) in [4.78, 5) is 12.2. The van der Waals surface area contributed by atoms with Gasteiger partial charge in [-0.25, -0.2) is 12.8 Å². The monoisotopic (exact) mass is 499 g/mol. The maximum Gasteiger partial charge on any atom is 0.272 e. The Morgan fingerprint density at radius 2 is 1.77 bits per heavy atom. The molecule has 0 aliphatic heterocycles. The predicted molar refractivity (Wildman–Crippen MR) is 120 cm³/mol. The molecule has 0 unspecified atom stereocenters. The number of nitrogens with one attached hydrogen (secondary N) is 2. The van der Waals surface area contributed by atoms with Gasteiger partial charge < -0.3 is 0 Å². The first-order valence-electron chi connectivity index (χ1n) is 8.79. The van der Waals surface area contributed by atoms with Gasteiger partial charge in [0.1, 0.15) is 10.7 Å². The van der Waals surface area contributed by atoms with Crippen LogP contribution in [0, 0.1) is 5.82 Å². The topological polar surface area (TPSA) is 84.0 Å². The van der Waals surface area contributed by atoms with Crippen LogP contribution in [0.3, 0.4) is 0 Å². The summed E-state index contributed by atoms with van der Waals surface area (Å²) in [5.41, 5.74) is 0.882. The van der Waals surface area contributed by atoms with Gasteiger partial charge in [0.05, 0.1) is 27.5 Å². The van der Waals surface area contributed by atoms with Crippen LogP contribution in [0.4, 0.5) is 10.1 Å². The molecule has 4 aromatic rings. The van der Waals surface area contributed by atoms with Gasteiger partial charge in [-0.1, -0.05) is 46.9 Å². The fourth-order valence-electron chi connectivity index (χ4n) is 3.11. The van der Waals surface area contributed by atoms with Gasteiger partial charge in [0.2, 0.25) is 0 Å². The van der Waals surface area contributed by atoms with Gasteiger partial charge in [0, 0.05) is 10.7 Å². The molecule has 2 N–H and O–H groups in total. The van der Waals surface area contributed by atoms with Crippen LogP contribution in [-0.4, -0.2) is 18.2 Å². The molecule has 11 heteroatoms. The van der Waals surface area contributed by atoms with Crippen molar-refractivity contribution in [3.8, 4) is 0 Å². The molecule has 160 valence electrons. The van der Waals surface area contributed by atoms with E-state index in [0.717, 1.165) is 0 Å². The maximum atomic E-state index is 13.3. The summed E-state index contributed by atoms with van der Waals surface area (Å²) in [7, 11) is -4.04. The Morgan fingerprint density at radius 3 is 2.52 bits per heavy atom. The van der Waals surface area contributed by atoms with Crippen LogP contribution in [-0.2, 0) is 16.6 Å². The summed E-state index contributed by atoms with van der Waals surface area (Å²) < 4.78 is 42.6. The van der Waals surface area contributed by atoms with E-state index in [9.17, 15) is 17.6 Å². The summed E-state index contributed by atoms with van der Waals surface area (Å²) in [5, 5.41) is 3.17. The second kappa shape index (κ2) is 8.20. The lowest BCUT2D eigenvalue weighted by Gasteiger charge is -2.11. The third-order valence-electron chi connectivity index (χ3n) is 4.57. The molecule has 0 fully saturated rings. The smallest absolute Gasteiger partial charge is 0.272 e. The van der Waals surface area contributed by atoms with Crippen LogP contribution in [0.2, 0.25) is 15.1 Å². The molecule has 0 aliphatic carbocycles. The Hall–Kier alpha value is -2.52. The highest BCUT2D eigenvalue weighted by atomic mass is 35.5. The van der Waals surface area contributed by atoms with Gasteiger partial charge in [-0.3, -0.25) is 19.3 Å². The molecule has 1 aromatic heterocycles. The van der Waals surface area contributed by atoms with Crippen molar-refractivity contribution in [2.24, 2.45) is 0 Å². The summed E-state index contributed by atoms with van der Waals surface area (Å²) in [6, 6.07) is 12.8. The minimum Gasteiger partial charge on any atom is -0.280 e. The number of benzene rings is 3. The molecule has 0 aliphatic rings. The molecule has 6 nitrogen and oxygen atoms in total. The highest BCUT2D eigenvalue weighted by Crippen LogP contribution is 2.30. The molecule has 0 saturated heterocycles. The van der Waals surface area contributed by atoms with E-state index in [1.54, 1.807) is 10.7 Å². The summed E-state index contributed by atoms with van der Waals surface area (Å²) in [5.74, 6) is -0.462. The number of H-pyrrole nitrogens is 1. The molecular formula is C20H13Cl3FN3O3S. The summed E-state index contributed by atoms with van der Waals surface area (Å²) in [6.45, 7) is 0.195. The Kier molecular flexibility index (Phi) is 5.74. The molecule has 0 atom stereocenters. The van der Waals surface area contributed by atoms with Crippen molar-refractivity contribution in [1.29, 1.82) is 0 Å². The molecule has 0 radical (unpaired) electrons. The van der Waals surface area contributed by atoms with Gasteiger partial charge in [0.15, 0.2) is 0 Å². The third kappa shape index (κ3) is 4.29. The number of fused-ring (bicyclic) bond motifs is 1. The Labute approximate surface area is 191 Å². The van der Waals surface area contributed by atoms with Gasteiger partial charge in [0.25, 0.3) is 15.6 Å². The SMILES string of the molecule is O=c1[nH]n(Cc2ccc(F)cc2Cl)c2ccc(NS(=O)(=O)c3cccc(Cl)c3Cl)cc12. The highest BCUT2D eigenvalue weighted by molar-refractivity contribution is 7.92. The molecule has 0 spiro atoms. The fourth-order valence-corrected chi connectivity index (χ4v) is 5.15. The van der Waals surface area contributed by atoms with Crippen molar-refractivity contribution in [3.63, 3.8) is 0 Å². The number of hydrogen-bond acceptors (Lipinski definition) is 3. The molecule has 0 bridgehead atoms. The standard InChI is InChI=1S/C20H13Cl3FN3O3S/c21-15-2-1-3-18(19(15)23)31(29,30)26-13-6-7-17-14(9-13)20(28)25-27(17)10-11-4-5-12(24)8-16(11)22/h1-9,26H,10H2,(H,25,28). The largest absolute Gasteiger partial charge is 0.280 e. The van der Waals surface area contributed by atoms with Gasteiger partial charge >= 0.3 is 0 Å². The van der Waals surface area contributed by atoms with Crippen LogP contribution in [0.15, 0.2) is 64.3 Å². The van der Waals surface area contributed by atoms with Crippen molar-refractivity contribution in [2.45, 2.75) is 11.4 Å². The number of sulfonamides is 1. The first-order valence-corrected chi connectivity index (χ1v) is 11.4. The van der Waals surface area contributed by atoms with Crippen molar-refractivity contribution in [3.05, 3.63) is 91.4 Å². The van der Waals surface area contributed by atoms with E-state index in [1.807, 2.05) is 0 Å². The molecule has 31 heavy (non-hydrogen) atoms. The normalized spacial score (nSPS) is 11.7. The van der Waals surface area contributed by atoms with Crippen molar-refractivity contribution < 1.29 is 12.8 Å². The van der Waals surface area contributed by atoms with E-state index >= 15 is 0 Å². The van der Waals surface area contributed by atoms with E-state index in [4.69, 9.17) is 34.8 Å². The van der Waals surface area contributed by atoms with Crippen LogP contribution in [0.5, 0.6) is 0 Å². The average molecular weight is 501 g/mol. The van der Waals surface area contributed by atoms with E-state index in [-0.39, 0.29) is 37.6 Å². The molecule has 3 aromatic carbocycles.